The molecule has 3 rings (SSSR count). The van der Waals surface area contributed by atoms with E-state index in [0.717, 1.165) is 6.42 Å². The van der Waals surface area contributed by atoms with Gasteiger partial charge < -0.3 is 0 Å². The molecule has 2 N–H and O–H groups in total. The number of carbonyl (C=O) groups is 1. The van der Waals surface area contributed by atoms with Crippen LogP contribution in [-0.4, -0.2) is 32.0 Å². The topological polar surface area (TPSA) is 96.9 Å². The second-order valence-electron chi connectivity index (χ2n) is 8.92. The van der Waals surface area contributed by atoms with E-state index in [1.54, 1.807) is 32.0 Å². The third-order valence-corrected chi connectivity index (χ3v) is 8.97. The number of fused-ring (bicyclic) bond motifs is 2. The maximum Gasteiger partial charge on any atom is 0.437 e. The number of nitrogens with one attached hydrogen (secondary N) is 2. The molecule has 7 nitrogen and oxygen atoms in total. The second-order valence-corrected chi connectivity index (χ2v) is 11.5. The maximum atomic E-state index is 12.7. The lowest BCUT2D eigenvalue weighted by Crippen LogP contribution is -2.46. The SMILES string of the molecule is CC(C)NS(=O)(=O)CC12CCC(C/C1=N\OC(=O)Nc1cccc(Cl)c1Cl)C2(C)C. The number of rotatable bonds is 6. The monoisotopic (exact) mass is 475 g/mol. The van der Waals surface area contributed by atoms with E-state index < -0.39 is 21.5 Å². The minimum absolute atomic E-state index is 0.0778. The van der Waals surface area contributed by atoms with Gasteiger partial charge in [0.15, 0.2) is 0 Å². The molecule has 166 valence electrons. The molecule has 10 heteroatoms. The van der Waals surface area contributed by atoms with E-state index in [4.69, 9.17) is 28.0 Å². The number of amides is 1. The van der Waals surface area contributed by atoms with Gasteiger partial charge in [-0.2, -0.15) is 0 Å². The summed E-state index contributed by atoms with van der Waals surface area (Å²) in [7, 11) is -3.53. The van der Waals surface area contributed by atoms with Gasteiger partial charge in [-0.05, 0) is 56.6 Å². The molecular formula is C20H27Cl2N3O4S. The van der Waals surface area contributed by atoms with E-state index >= 15 is 0 Å². The third-order valence-electron chi connectivity index (χ3n) is 6.44. The summed E-state index contributed by atoms with van der Waals surface area (Å²) in [5.41, 5.74) is -0.0219. The van der Waals surface area contributed by atoms with Crippen molar-refractivity contribution in [3.05, 3.63) is 28.2 Å². The van der Waals surface area contributed by atoms with Crippen molar-refractivity contribution in [1.29, 1.82) is 0 Å². The molecule has 2 aliphatic carbocycles. The summed E-state index contributed by atoms with van der Waals surface area (Å²) in [6.07, 6.45) is 1.40. The zero-order valence-corrected chi connectivity index (χ0v) is 19.8. The van der Waals surface area contributed by atoms with Gasteiger partial charge in [-0.1, -0.05) is 48.3 Å². The van der Waals surface area contributed by atoms with E-state index in [2.05, 4.69) is 29.0 Å². The quantitative estimate of drug-likeness (QED) is 0.444. The van der Waals surface area contributed by atoms with Crippen LogP contribution < -0.4 is 10.0 Å². The summed E-state index contributed by atoms with van der Waals surface area (Å²) in [6.45, 7) is 7.72. The number of hydrogen-bond donors (Lipinski definition) is 2. The van der Waals surface area contributed by atoms with Crippen molar-refractivity contribution >= 4 is 50.7 Å². The van der Waals surface area contributed by atoms with Crippen molar-refractivity contribution in [2.24, 2.45) is 21.9 Å². The maximum absolute atomic E-state index is 12.7. The Morgan fingerprint density at radius 3 is 2.67 bits per heavy atom. The number of anilines is 1. The molecule has 0 heterocycles. The minimum Gasteiger partial charge on any atom is -0.298 e. The number of carbonyl (C=O) groups excluding carboxylic acids is 1. The van der Waals surface area contributed by atoms with E-state index in [0.29, 0.717) is 35.2 Å². The first-order valence-corrected chi connectivity index (χ1v) is 12.3. The third kappa shape index (κ3) is 4.33. The predicted molar refractivity (Wildman–Crippen MR) is 120 cm³/mol. The molecule has 1 amide bonds. The van der Waals surface area contributed by atoms with Gasteiger partial charge in [-0.3, -0.25) is 10.2 Å². The number of sulfonamides is 1. The number of halogens is 2. The molecule has 0 saturated heterocycles. The molecule has 1 aromatic rings. The summed E-state index contributed by atoms with van der Waals surface area (Å²) >= 11 is 12.0. The van der Waals surface area contributed by atoms with Gasteiger partial charge in [-0.25, -0.2) is 17.9 Å². The fourth-order valence-electron chi connectivity index (χ4n) is 4.82. The van der Waals surface area contributed by atoms with Gasteiger partial charge in [0.05, 0.1) is 27.2 Å². The lowest BCUT2D eigenvalue weighted by molar-refractivity contribution is 0.160. The van der Waals surface area contributed by atoms with Gasteiger partial charge in [0.2, 0.25) is 10.0 Å². The Morgan fingerprint density at radius 1 is 1.33 bits per heavy atom. The van der Waals surface area contributed by atoms with Gasteiger partial charge in [0.25, 0.3) is 0 Å². The lowest BCUT2D eigenvalue weighted by atomic mass is 9.70. The lowest BCUT2D eigenvalue weighted by Gasteiger charge is -2.37. The number of oxime groups is 1. The smallest absolute Gasteiger partial charge is 0.298 e. The van der Waals surface area contributed by atoms with Crippen LogP contribution in [0.5, 0.6) is 0 Å². The molecule has 2 unspecified atom stereocenters. The van der Waals surface area contributed by atoms with Gasteiger partial charge >= 0.3 is 6.09 Å². The van der Waals surface area contributed by atoms with Crippen LogP contribution in [0.1, 0.15) is 47.0 Å². The van der Waals surface area contributed by atoms with Crippen LogP contribution in [0.4, 0.5) is 10.5 Å². The average molecular weight is 476 g/mol. The average Bonchev–Trinajstić information content (AvgIpc) is 2.97. The molecule has 2 saturated carbocycles. The highest BCUT2D eigenvalue weighted by Crippen LogP contribution is 2.64. The molecule has 2 atom stereocenters. The van der Waals surface area contributed by atoms with Gasteiger partial charge in [-0.15, -0.1) is 0 Å². The minimum atomic E-state index is -3.53. The Hall–Kier alpha value is -1.35. The van der Waals surface area contributed by atoms with E-state index in [1.807, 2.05) is 0 Å². The Labute approximate surface area is 187 Å². The zero-order valence-electron chi connectivity index (χ0n) is 17.5. The molecule has 0 aromatic heterocycles. The normalized spacial score (nSPS) is 26.4. The molecule has 2 bridgehead atoms. The van der Waals surface area contributed by atoms with Crippen LogP contribution >= 0.6 is 23.2 Å². The molecule has 2 fully saturated rings. The molecular weight excluding hydrogens is 449 g/mol. The largest absolute Gasteiger partial charge is 0.437 e. The predicted octanol–water partition coefficient (Wildman–Crippen LogP) is 5.05. The van der Waals surface area contributed by atoms with Crippen molar-refractivity contribution in [3.8, 4) is 0 Å². The Bertz CT molecular complexity index is 978. The number of nitrogens with zero attached hydrogens (tertiary/aromatic N) is 1. The summed E-state index contributed by atoms with van der Waals surface area (Å²) in [5.74, 6) is 0.213. The Balaban J connectivity index is 1.81. The summed E-state index contributed by atoms with van der Waals surface area (Å²) in [5, 5.41) is 7.14. The van der Waals surface area contributed by atoms with E-state index in [9.17, 15) is 13.2 Å². The number of benzene rings is 1. The van der Waals surface area contributed by atoms with Gasteiger partial charge in [0, 0.05) is 11.5 Å². The highest BCUT2D eigenvalue weighted by Gasteiger charge is 2.64. The second kappa shape index (κ2) is 8.30. The standard InChI is InChI=1S/C20H27Cl2N3O4S/c1-12(2)25-30(27,28)11-20-9-8-13(19(20,3)4)10-16(20)24-29-18(26)23-15-7-5-6-14(21)17(15)22/h5-7,12-13,25H,8-11H2,1-4H3,(H,23,26)/b24-16+. The van der Waals surface area contributed by atoms with Crippen molar-refractivity contribution in [3.63, 3.8) is 0 Å². The molecule has 1 aromatic carbocycles. The first kappa shape index (κ1) is 23.3. The Kier molecular flexibility index (Phi) is 6.45. The summed E-state index contributed by atoms with van der Waals surface area (Å²) < 4.78 is 28.2. The van der Waals surface area contributed by atoms with Crippen LogP contribution in [0, 0.1) is 16.7 Å². The highest BCUT2D eigenvalue weighted by atomic mass is 35.5. The van der Waals surface area contributed by atoms with Crippen LogP contribution in [0.3, 0.4) is 0 Å². The highest BCUT2D eigenvalue weighted by molar-refractivity contribution is 7.89. The first-order chi connectivity index (χ1) is 13.9. The van der Waals surface area contributed by atoms with Crippen molar-refractivity contribution in [2.45, 2.75) is 53.0 Å². The summed E-state index contributed by atoms with van der Waals surface area (Å²) in [6, 6.07) is 4.65. The van der Waals surface area contributed by atoms with Crippen molar-refractivity contribution < 1.29 is 18.0 Å². The number of hydrogen-bond acceptors (Lipinski definition) is 5. The van der Waals surface area contributed by atoms with Crippen LogP contribution in [0.15, 0.2) is 23.4 Å². The molecule has 2 aliphatic rings. The molecule has 0 spiro atoms. The first-order valence-electron chi connectivity index (χ1n) is 9.87. The molecule has 30 heavy (non-hydrogen) atoms. The Morgan fingerprint density at radius 2 is 2.03 bits per heavy atom. The fraction of sp³-hybridized carbons (Fsp3) is 0.600. The summed E-state index contributed by atoms with van der Waals surface area (Å²) in [4.78, 5) is 17.4. The van der Waals surface area contributed by atoms with Crippen molar-refractivity contribution in [1.82, 2.24) is 4.72 Å². The fourth-order valence-corrected chi connectivity index (χ4v) is 7.30. The molecule has 0 radical (unpaired) electrons. The van der Waals surface area contributed by atoms with Gasteiger partial charge in [0.1, 0.15) is 0 Å². The van der Waals surface area contributed by atoms with E-state index in [-0.39, 0.29) is 22.2 Å². The van der Waals surface area contributed by atoms with Crippen LogP contribution in [0.2, 0.25) is 10.0 Å². The van der Waals surface area contributed by atoms with Crippen LogP contribution in [-0.2, 0) is 14.9 Å². The van der Waals surface area contributed by atoms with E-state index in [1.165, 1.54) is 0 Å². The zero-order chi connectivity index (χ0) is 22.3. The van der Waals surface area contributed by atoms with Crippen LogP contribution in [0.25, 0.3) is 0 Å². The molecule has 0 aliphatic heterocycles. The van der Waals surface area contributed by atoms with Crippen molar-refractivity contribution in [2.75, 3.05) is 11.1 Å².